The number of methoxy groups -OCH3 is 2. The number of hydrogen-bond acceptors (Lipinski definition) is 2. The van der Waals surface area contributed by atoms with Crippen molar-refractivity contribution in [2.75, 3.05) is 14.2 Å². The second kappa shape index (κ2) is 13.9. The van der Waals surface area contributed by atoms with Gasteiger partial charge in [0, 0.05) is 19.2 Å². The maximum atomic E-state index is 7.10. The van der Waals surface area contributed by atoms with Crippen molar-refractivity contribution in [3.05, 3.63) is 173 Å². The molecule has 1 aliphatic rings. The Bertz CT molecular complexity index is 1680. The van der Waals surface area contributed by atoms with Gasteiger partial charge in [0.2, 0.25) is 5.79 Å². The topological polar surface area (TPSA) is 18.5 Å². The highest BCUT2D eigenvalue weighted by Gasteiger charge is 2.50. The molecule has 5 aromatic carbocycles. The Morgan fingerprint density at radius 3 is 1.41 bits per heavy atom. The van der Waals surface area contributed by atoms with Crippen LogP contribution in [0.4, 0.5) is 0 Å². The predicted molar refractivity (Wildman–Crippen MR) is 191 cm³/mol. The van der Waals surface area contributed by atoms with Crippen LogP contribution in [0, 0.1) is 0 Å². The molecule has 0 spiro atoms. The molecule has 44 heavy (non-hydrogen) atoms. The van der Waals surface area contributed by atoms with Crippen LogP contribution in [0.2, 0.25) is 5.02 Å². The molecule has 0 amide bonds. The van der Waals surface area contributed by atoms with Gasteiger partial charge in [0.1, 0.15) is 0 Å². The van der Waals surface area contributed by atoms with Crippen molar-refractivity contribution in [3.8, 4) is 0 Å². The summed E-state index contributed by atoms with van der Waals surface area (Å²) in [5.74, 6) is -1.66. The molecule has 0 saturated heterocycles. The summed E-state index contributed by atoms with van der Waals surface area (Å²) in [5, 5.41) is 8.44. The van der Waals surface area contributed by atoms with E-state index in [-0.39, 0.29) is 0 Å². The van der Waals surface area contributed by atoms with Crippen molar-refractivity contribution in [2.24, 2.45) is 0 Å². The Morgan fingerprint density at radius 1 is 0.545 bits per heavy atom. The molecule has 0 saturated carbocycles. The van der Waals surface area contributed by atoms with E-state index < -0.39 is 27.5 Å². The molecule has 6 rings (SSSR count). The molecular formula is C38H32Cl2O2P2. The molecule has 5 aromatic rings. The van der Waals surface area contributed by atoms with E-state index in [9.17, 15) is 0 Å². The van der Waals surface area contributed by atoms with Gasteiger partial charge in [0.25, 0.3) is 0 Å². The molecule has 0 aliphatic heterocycles. The Balaban J connectivity index is 1.66. The smallest absolute Gasteiger partial charge is 0.216 e. The summed E-state index contributed by atoms with van der Waals surface area (Å²) >= 11 is 14.0. The van der Waals surface area contributed by atoms with Gasteiger partial charge in [0.15, 0.2) is 0 Å². The summed E-state index contributed by atoms with van der Waals surface area (Å²) in [6.07, 6.45) is 4.11. The molecule has 220 valence electrons. The Hall–Kier alpha value is -3.06. The third-order valence-electron chi connectivity index (χ3n) is 7.87. The Kier molecular flexibility index (Phi) is 9.80. The lowest BCUT2D eigenvalue weighted by molar-refractivity contribution is -0.182. The Labute approximate surface area is 272 Å². The average Bonchev–Trinajstić information content (AvgIpc) is 3.08. The SMILES string of the molecule is COC1(OC)C(Cl)=CC=C(P(c2ccccc2)c2ccccc2)[C@@H]1c1cc(Cl)ccc1P(c1ccccc1)c1ccccc1. The van der Waals surface area contributed by atoms with Crippen LogP contribution in [0.3, 0.4) is 0 Å². The highest BCUT2D eigenvalue weighted by molar-refractivity contribution is 7.80. The van der Waals surface area contributed by atoms with Gasteiger partial charge in [-0.15, -0.1) is 0 Å². The van der Waals surface area contributed by atoms with Crippen LogP contribution in [0.25, 0.3) is 0 Å². The van der Waals surface area contributed by atoms with E-state index in [2.05, 4.69) is 140 Å². The molecule has 0 heterocycles. The minimum absolute atomic E-state index is 0.396. The van der Waals surface area contributed by atoms with Gasteiger partial charge >= 0.3 is 0 Å². The minimum Gasteiger partial charge on any atom is -0.348 e. The molecule has 0 aromatic heterocycles. The standard InChI is InChI=1S/C38H32Cl2O2P2/c1-41-38(42-2)36(40)26-25-35(44(31-19-11-5-12-20-31)32-21-13-6-14-22-32)37(38)33-27-28(39)23-24-34(33)43(29-15-7-3-8-16-29)30-17-9-4-10-18-30/h3-27,37H,1-2H3/t37-/m0/s1. The highest BCUT2D eigenvalue weighted by Crippen LogP contribution is 2.58. The van der Waals surface area contributed by atoms with Crippen molar-refractivity contribution in [1.82, 2.24) is 0 Å². The van der Waals surface area contributed by atoms with Gasteiger partial charge in [-0.2, -0.15) is 0 Å². The van der Waals surface area contributed by atoms with Crippen molar-refractivity contribution in [2.45, 2.75) is 11.7 Å². The van der Waals surface area contributed by atoms with E-state index >= 15 is 0 Å². The predicted octanol–water partition coefficient (Wildman–Crippen LogP) is 8.32. The molecule has 1 atom stereocenters. The number of allylic oxidation sites excluding steroid dienone is 2. The fourth-order valence-electron chi connectivity index (χ4n) is 5.93. The molecule has 1 aliphatic carbocycles. The lowest BCUT2D eigenvalue weighted by atomic mass is 9.86. The fourth-order valence-corrected chi connectivity index (χ4v) is 11.5. The van der Waals surface area contributed by atoms with Crippen LogP contribution in [0.15, 0.2) is 162 Å². The van der Waals surface area contributed by atoms with Gasteiger partial charge in [-0.25, -0.2) is 0 Å². The quantitative estimate of drug-likeness (QED) is 0.118. The highest BCUT2D eigenvalue weighted by atomic mass is 35.5. The van der Waals surface area contributed by atoms with Crippen LogP contribution in [0.1, 0.15) is 11.5 Å². The number of hydrogen-bond donors (Lipinski definition) is 0. The zero-order valence-corrected chi connectivity index (χ0v) is 27.8. The second-order valence-electron chi connectivity index (χ2n) is 10.3. The van der Waals surface area contributed by atoms with E-state index in [1.54, 1.807) is 14.2 Å². The molecule has 0 fully saturated rings. The molecule has 0 radical (unpaired) electrons. The van der Waals surface area contributed by atoms with Gasteiger partial charge < -0.3 is 9.47 Å². The average molecular weight is 654 g/mol. The van der Waals surface area contributed by atoms with Gasteiger partial charge in [-0.1, -0.05) is 157 Å². The number of ether oxygens (including phenoxy) is 2. The maximum Gasteiger partial charge on any atom is 0.216 e. The lowest BCUT2D eigenvalue weighted by Crippen LogP contribution is -2.45. The molecule has 0 unspecified atom stereocenters. The third-order valence-corrected chi connectivity index (χ3v) is 13.6. The summed E-state index contributed by atoms with van der Waals surface area (Å²) in [6.45, 7) is 0. The first-order valence-electron chi connectivity index (χ1n) is 14.4. The summed E-state index contributed by atoms with van der Waals surface area (Å²) < 4.78 is 12.7. The maximum absolute atomic E-state index is 7.10. The first-order valence-corrected chi connectivity index (χ1v) is 17.8. The zero-order valence-electron chi connectivity index (χ0n) is 24.5. The van der Waals surface area contributed by atoms with E-state index in [4.69, 9.17) is 32.7 Å². The van der Waals surface area contributed by atoms with Crippen LogP contribution in [0.5, 0.6) is 0 Å². The minimum atomic E-state index is -1.26. The van der Waals surface area contributed by atoms with Crippen molar-refractivity contribution >= 4 is 65.6 Å². The first-order chi connectivity index (χ1) is 21.6. The fraction of sp³-hybridized carbons (Fsp3) is 0.105. The molecular weight excluding hydrogens is 621 g/mol. The largest absolute Gasteiger partial charge is 0.348 e. The van der Waals surface area contributed by atoms with Crippen molar-refractivity contribution < 1.29 is 9.47 Å². The van der Waals surface area contributed by atoms with E-state index in [1.807, 2.05) is 12.1 Å². The van der Waals surface area contributed by atoms with Gasteiger partial charge in [0.05, 0.1) is 11.0 Å². The second-order valence-corrected chi connectivity index (χ2v) is 15.6. The van der Waals surface area contributed by atoms with Gasteiger partial charge in [-0.3, -0.25) is 0 Å². The zero-order chi connectivity index (χ0) is 30.5. The van der Waals surface area contributed by atoms with E-state index in [0.717, 1.165) is 5.56 Å². The van der Waals surface area contributed by atoms with Crippen molar-refractivity contribution in [3.63, 3.8) is 0 Å². The third kappa shape index (κ3) is 5.96. The molecule has 0 bridgehead atoms. The number of halogens is 2. The molecule has 0 N–H and O–H groups in total. The monoisotopic (exact) mass is 652 g/mol. The van der Waals surface area contributed by atoms with Crippen LogP contribution in [-0.2, 0) is 9.47 Å². The molecule has 2 nitrogen and oxygen atoms in total. The lowest BCUT2D eigenvalue weighted by Gasteiger charge is -2.44. The molecule has 6 heteroatoms. The van der Waals surface area contributed by atoms with Crippen molar-refractivity contribution in [1.29, 1.82) is 0 Å². The van der Waals surface area contributed by atoms with Crippen LogP contribution in [-0.4, -0.2) is 20.0 Å². The summed E-state index contributed by atoms with van der Waals surface area (Å²) in [7, 11) is 1.36. The number of rotatable bonds is 9. The van der Waals surface area contributed by atoms with Crippen LogP contribution < -0.4 is 26.5 Å². The first kappa shape index (κ1) is 30.9. The van der Waals surface area contributed by atoms with E-state index in [0.29, 0.717) is 10.1 Å². The number of benzene rings is 5. The normalized spacial score (nSPS) is 16.1. The van der Waals surface area contributed by atoms with Gasteiger partial charge in [-0.05, 0) is 71.5 Å². The summed E-state index contributed by atoms with van der Waals surface area (Å²) in [5.41, 5.74) is 1.04. The van der Waals surface area contributed by atoms with E-state index in [1.165, 1.54) is 31.8 Å². The summed E-state index contributed by atoms with van der Waals surface area (Å²) in [4.78, 5) is 0. The Morgan fingerprint density at radius 2 is 0.977 bits per heavy atom. The summed E-state index contributed by atoms with van der Waals surface area (Å²) in [6, 6.07) is 49.0. The van der Waals surface area contributed by atoms with Crippen LogP contribution >= 0.6 is 39.0 Å².